The van der Waals surface area contributed by atoms with Crippen LogP contribution in [0.2, 0.25) is 0 Å². The number of nitrogens with zero attached hydrogens (tertiary/aromatic N) is 1. The van der Waals surface area contributed by atoms with Gasteiger partial charge in [0.2, 0.25) is 10.0 Å². The Balaban J connectivity index is 1.86. The molecule has 0 radical (unpaired) electrons. The molecule has 2 fully saturated rings. The van der Waals surface area contributed by atoms with Crippen LogP contribution in [0.4, 0.5) is 0 Å². The lowest BCUT2D eigenvalue weighted by Gasteiger charge is -2.34. The Morgan fingerprint density at radius 3 is 2.47 bits per heavy atom. The van der Waals surface area contributed by atoms with Crippen LogP contribution in [0, 0.1) is 0 Å². The zero-order valence-corrected chi connectivity index (χ0v) is 13.6. The third-order valence-electron chi connectivity index (χ3n) is 3.92. The van der Waals surface area contributed by atoms with Gasteiger partial charge in [0, 0.05) is 29.6 Å². The summed E-state index contributed by atoms with van der Waals surface area (Å²) in [4.78, 5) is 0. The van der Waals surface area contributed by atoms with E-state index in [1.54, 1.807) is 4.31 Å². The molecule has 2 rings (SSSR count). The Morgan fingerprint density at radius 2 is 1.89 bits per heavy atom. The van der Waals surface area contributed by atoms with Gasteiger partial charge in [0.25, 0.3) is 0 Å². The molecule has 112 valence electrons. The van der Waals surface area contributed by atoms with Crippen molar-refractivity contribution in [2.24, 2.45) is 0 Å². The summed E-state index contributed by atoms with van der Waals surface area (Å²) >= 11 is 1.89. The van der Waals surface area contributed by atoms with Crippen LogP contribution in [0.5, 0.6) is 0 Å². The van der Waals surface area contributed by atoms with Gasteiger partial charge < -0.3 is 5.32 Å². The van der Waals surface area contributed by atoms with Crippen LogP contribution in [-0.2, 0) is 10.0 Å². The number of rotatable bonds is 4. The smallest absolute Gasteiger partial charge is 0.214 e. The maximum absolute atomic E-state index is 12.4. The van der Waals surface area contributed by atoms with Crippen LogP contribution in [0.15, 0.2) is 0 Å². The lowest BCUT2D eigenvalue weighted by atomic mass is 10.0. The molecule has 2 saturated heterocycles. The van der Waals surface area contributed by atoms with E-state index in [4.69, 9.17) is 0 Å². The van der Waals surface area contributed by atoms with Gasteiger partial charge in [0.05, 0.1) is 5.75 Å². The fourth-order valence-corrected chi connectivity index (χ4v) is 6.20. The van der Waals surface area contributed by atoms with Gasteiger partial charge in [-0.15, -0.1) is 0 Å². The minimum absolute atomic E-state index is 0.300. The van der Waals surface area contributed by atoms with E-state index in [-0.39, 0.29) is 0 Å². The molecule has 0 aromatic rings. The normalized spacial score (nSPS) is 34.3. The molecule has 0 aromatic heterocycles. The van der Waals surface area contributed by atoms with E-state index in [1.807, 2.05) is 11.8 Å². The van der Waals surface area contributed by atoms with Gasteiger partial charge >= 0.3 is 0 Å². The minimum Gasteiger partial charge on any atom is -0.314 e. The molecule has 0 aromatic carbocycles. The number of sulfonamides is 1. The van der Waals surface area contributed by atoms with Crippen molar-refractivity contribution >= 4 is 21.8 Å². The Kier molecular flexibility index (Phi) is 5.57. The van der Waals surface area contributed by atoms with Gasteiger partial charge in [-0.1, -0.05) is 20.3 Å². The molecular weight excluding hydrogens is 280 g/mol. The fraction of sp³-hybridized carbons (Fsp3) is 1.00. The Hall–Kier alpha value is 0.220. The van der Waals surface area contributed by atoms with Crippen LogP contribution in [-0.4, -0.2) is 54.7 Å². The first-order valence-electron chi connectivity index (χ1n) is 7.34. The molecule has 0 spiro atoms. The Labute approximate surface area is 121 Å². The summed E-state index contributed by atoms with van der Waals surface area (Å²) in [6, 6.07) is 0.400. The van der Waals surface area contributed by atoms with Gasteiger partial charge in [0.1, 0.15) is 0 Å². The molecule has 1 N–H and O–H groups in total. The standard InChI is InChI=1S/C13H26N2O2S2/c1-11-9-15(10-12(2)18-11)19(16,17)8-6-13-5-3-4-7-14-13/h11-14H,3-10H2,1-2H3. The van der Waals surface area contributed by atoms with E-state index >= 15 is 0 Å². The maximum Gasteiger partial charge on any atom is 0.214 e. The van der Waals surface area contributed by atoms with E-state index in [9.17, 15) is 8.42 Å². The van der Waals surface area contributed by atoms with E-state index in [1.165, 1.54) is 12.8 Å². The molecular formula is C13H26N2O2S2. The van der Waals surface area contributed by atoms with E-state index in [2.05, 4.69) is 19.2 Å². The highest BCUT2D eigenvalue weighted by atomic mass is 32.2. The number of piperidine rings is 1. The molecule has 3 atom stereocenters. The second kappa shape index (κ2) is 6.78. The first-order chi connectivity index (χ1) is 8.97. The average molecular weight is 306 g/mol. The number of hydrogen-bond acceptors (Lipinski definition) is 4. The lowest BCUT2D eigenvalue weighted by Crippen LogP contribution is -2.46. The van der Waals surface area contributed by atoms with E-state index in [0.717, 1.165) is 19.4 Å². The molecule has 2 aliphatic heterocycles. The van der Waals surface area contributed by atoms with Gasteiger partial charge in [-0.25, -0.2) is 8.42 Å². The molecule has 6 heteroatoms. The number of hydrogen-bond donors (Lipinski definition) is 1. The van der Waals surface area contributed by atoms with Crippen molar-refractivity contribution in [3.05, 3.63) is 0 Å². The van der Waals surface area contributed by atoms with Crippen molar-refractivity contribution in [1.82, 2.24) is 9.62 Å². The third-order valence-corrected chi connectivity index (χ3v) is 6.98. The summed E-state index contributed by atoms with van der Waals surface area (Å²) in [6.45, 7) is 6.63. The third kappa shape index (κ3) is 4.62. The highest BCUT2D eigenvalue weighted by Crippen LogP contribution is 2.27. The van der Waals surface area contributed by atoms with Crippen LogP contribution in [0.1, 0.15) is 39.5 Å². The van der Waals surface area contributed by atoms with Crippen molar-refractivity contribution in [2.75, 3.05) is 25.4 Å². The molecule has 0 amide bonds. The molecule has 0 aliphatic carbocycles. The first-order valence-corrected chi connectivity index (χ1v) is 9.89. The molecule has 2 heterocycles. The van der Waals surface area contributed by atoms with Crippen molar-refractivity contribution in [1.29, 1.82) is 0 Å². The summed E-state index contributed by atoms with van der Waals surface area (Å²) in [5.41, 5.74) is 0. The Bertz CT molecular complexity index is 370. The zero-order valence-electron chi connectivity index (χ0n) is 12.0. The quantitative estimate of drug-likeness (QED) is 0.858. The summed E-state index contributed by atoms with van der Waals surface area (Å²) in [7, 11) is -3.07. The van der Waals surface area contributed by atoms with Crippen molar-refractivity contribution in [3.8, 4) is 0 Å². The van der Waals surface area contributed by atoms with Gasteiger partial charge in [-0.3, -0.25) is 0 Å². The molecule has 19 heavy (non-hydrogen) atoms. The second-order valence-electron chi connectivity index (χ2n) is 5.83. The van der Waals surface area contributed by atoms with Crippen LogP contribution in [0.25, 0.3) is 0 Å². The van der Waals surface area contributed by atoms with Crippen LogP contribution >= 0.6 is 11.8 Å². The van der Waals surface area contributed by atoms with Crippen molar-refractivity contribution < 1.29 is 8.42 Å². The fourth-order valence-electron chi connectivity index (χ4n) is 2.95. The van der Waals surface area contributed by atoms with Crippen LogP contribution < -0.4 is 5.32 Å². The van der Waals surface area contributed by atoms with Gasteiger partial charge in [0.15, 0.2) is 0 Å². The van der Waals surface area contributed by atoms with Crippen molar-refractivity contribution in [2.45, 2.75) is 56.1 Å². The second-order valence-corrected chi connectivity index (χ2v) is 9.80. The summed E-state index contributed by atoms with van der Waals surface area (Å²) in [5, 5.41) is 4.24. The first kappa shape index (κ1) is 15.6. The maximum atomic E-state index is 12.4. The molecule has 3 unspecified atom stereocenters. The monoisotopic (exact) mass is 306 g/mol. The predicted octanol–water partition coefficient (Wildman–Crippen LogP) is 1.67. The average Bonchev–Trinajstić information content (AvgIpc) is 2.37. The topological polar surface area (TPSA) is 49.4 Å². The minimum atomic E-state index is -3.07. The van der Waals surface area contributed by atoms with Gasteiger partial charge in [-0.05, 0) is 25.8 Å². The van der Waals surface area contributed by atoms with Gasteiger partial charge in [-0.2, -0.15) is 16.1 Å². The zero-order chi connectivity index (χ0) is 13.9. The predicted molar refractivity (Wildman–Crippen MR) is 82.1 cm³/mol. The Morgan fingerprint density at radius 1 is 1.21 bits per heavy atom. The number of nitrogens with one attached hydrogen (secondary N) is 1. The van der Waals surface area contributed by atoms with E-state index in [0.29, 0.717) is 35.4 Å². The summed E-state index contributed by atoms with van der Waals surface area (Å²) in [5.74, 6) is 0.300. The lowest BCUT2D eigenvalue weighted by molar-refractivity contribution is 0.379. The number of thioether (sulfide) groups is 1. The molecule has 2 aliphatic rings. The largest absolute Gasteiger partial charge is 0.314 e. The molecule has 0 bridgehead atoms. The van der Waals surface area contributed by atoms with Crippen LogP contribution in [0.3, 0.4) is 0 Å². The SMILES string of the molecule is CC1CN(S(=O)(=O)CCC2CCCCN2)CC(C)S1. The van der Waals surface area contributed by atoms with E-state index < -0.39 is 10.0 Å². The highest BCUT2D eigenvalue weighted by Gasteiger charge is 2.31. The summed E-state index contributed by atoms with van der Waals surface area (Å²) < 4.78 is 26.5. The van der Waals surface area contributed by atoms with Crippen molar-refractivity contribution in [3.63, 3.8) is 0 Å². The highest BCUT2D eigenvalue weighted by molar-refractivity contribution is 8.00. The molecule has 4 nitrogen and oxygen atoms in total. The summed E-state index contributed by atoms with van der Waals surface area (Å²) in [6.07, 6.45) is 4.33. The molecule has 0 saturated carbocycles.